The first-order valence-corrected chi connectivity index (χ1v) is 11.8. The number of hydrazone groups is 1. The number of carbonyl (C=O) groups excluding carboxylic acids is 1. The highest BCUT2D eigenvalue weighted by Gasteiger charge is 2.11. The smallest absolute Gasteiger partial charge is 0.341 e. The minimum Gasteiger partial charge on any atom is -0.481 e. The summed E-state index contributed by atoms with van der Waals surface area (Å²) in [7, 11) is 0. The van der Waals surface area contributed by atoms with E-state index in [0.717, 1.165) is 31.8 Å². The van der Waals surface area contributed by atoms with Gasteiger partial charge in [-0.2, -0.15) is 5.10 Å². The van der Waals surface area contributed by atoms with E-state index in [0.29, 0.717) is 11.3 Å². The zero-order valence-electron chi connectivity index (χ0n) is 18.8. The number of carbonyl (C=O) groups is 2. The van der Waals surface area contributed by atoms with Crippen LogP contribution in [0.4, 0.5) is 0 Å². The second-order valence-corrected chi connectivity index (χ2v) is 8.84. The fraction of sp³-hybridized carbons (Fsp3) is 0.0741. The van der Waals surface area contributed by atoms with Crippen LogP contribution in [0, 0.1) is 10.5 Å². The topological polar surface area (TPSA) is 92.9 Å². The summed E-state index contributed by atoms with van der Waals surface area (Å²) < 4.78 is 8.10. The highest BCUT2D eigenvalue weighted by Crippen LogP contribution is 2.26. The predicted octanol–water partition coefficient (Wildman–Crippen LogP) is 5.28. The second kappa shape index (κ2) is 11.0. The zero-order chi connectivity index (χ0) is 24.8. The lowest BCUT2D eigenvalue weighted by Crippen LogP contribution is -2.17. The Hall–Kier alpha value is -3.92. The maximum atomic E-state index is 12.5. The number of carboxylic acids is 1. The van der Waals surface area contributed by atoms with Crippen LogP contribution in [-0.4, -0.2) is 34.4 Å². The number of ether oxygens (including phenoxy) is 1. The molecule has 0 aliphatic carbocycles. The molecule has 176 valence electrons. The van der Waals surface area contributed by atoms with Gasteiger partial charge in [-0.25, -0.2) is 10.2 Å². The number of halogens is 1. The number of carboxylic acid groups (broad SMARTS) is 1. The number of aryl methyl sites for hydroxylation is 1. The number of aromatic nitrogens is 1. The molecule has 0 atom stereocenters. The maximum Gasteiger partial charge on any atom is 0.341 e. The van der Waals surface area contributed by atoms with E-state index in [1.54, 1.807) is 30.3 Å². The average molecular weight is 579 g/mol. The number of hydrogen-bond acceptors (Lipinski definition) is 4. The van der Waals surface area contributed by atoms with E-state index < -0.39 is 12.6 Å². The van der Waals surface area contributed by atoms with Crippen LogP contribution in [0.15, 0.2) is 90.0 Å². The molecule has 3 aromatic carbocycles. The van der Waals surface area contributed by atoms with E-state index in [-0.39, 0.29) is 5.91 Å². The summed E-state index contributed by atoms with van der Waals surface area (Å²) in [6.07, 6.45) is 1.52. The maximum absolute atomic E-state index is 12.5. The Kier molecular flexibility index (Phi) is 7.61. The third kappa shape index (κ3) is 5.96. The van der Waals surface area contributed by atoms with Crippen LogP contribution in [0.3, 0.4) is 0 Å². The molecule has 2 N–H and O–H groups in total. The van der Waals surface area contributed by atoms with Crippen molar-refractivity contribution in [2.45, 2.75) is 6.92 Å². The summed E-state index contributed by atoms with van der Waals surface area (Å²) in [4.78, 5) is 23.2. The standard InChI is InChI=1S/C27H22IN3O4/c1-18-7-13-24(20-5-3-2-4-6-20)31(18)22-11-9-21(10-12-22)27(34)30-29-16-19-8-14-25(23(28)15-19)35-17-26(32)33/h2-16H,17H2,1H3,(H,30,34)(H,32,33)/b29-16+. The molecule has 0 aliphatic heterocycles. The highest BCUT2D eigenvalue weighted by molar-refractivity contribution is 14.1. The average Bonchev–Trinajstić information content (AvgIpc) is 3.25. The summed E-state index contributed by atoms with van der Waals surface area (Å²) in [6.45, 7) is 1.64. The summed E-state index contributed by atoms with van der Waals surface area (Å²) in [5.74, 6) is -0.888. The van der Waals surface area contributed by atoms with Crippen LogP contribution in [0.25, 0.3) is 16.9 Å². The van der Waals surface area contributed by atoms with E-state index in [9.17, 15) is 9.59 Å². The fourth-order valence-corrected chi connectivity index (χ4v) is 4.26. The number of nitrogens with one attached hydrogen (secondary N) is 1. The third-order valence-corrected chi connectivity index (χ3v) is 6.06. The van der Waals surface area contributed by atoms with E-state index in [2.05, 4.69) is 62.0 Å². The van der Waals surface area contributed by atoms with Gasteiger partial charge in [-0.1, -0.05) is 30.3 Å². The minimum absolute atomic E-state index is 0.323. The molecule has 1 amide bonds. The van der Waals surface area contributed by atoms with Crippen molar-refractivity contribution in [2.24, 2.45) is 5.10 Å². The van der Waals surface area contributed by atoms with Crippen molar-refractivity contribution in [3.05, 3.63) is 105 Å². The van der Waals surface area contributed by atoms with Crippen LogP contribution >= 0.6 is 22.6 Å². The number of rotatable bonds is 8. The van der Waals surface area contributed by atoms with Gasteiger partial charge in [0.05, 0.1) is 15.5 Å². The largest absolute Gasteiger partial charge is 0.481 e. The van der Waals surface area contributed by atoms with Gasteiger partial charge in [0, 0.05) is 16.9 Å². The Morgan fingerprint density at radius 3 is 2.46 bits per heavy atom. The lowest BCUT2D eigenvalue weighted by molar-refractivity contribution is -0.139. The predicted molar refractivity (Wildman–Crippen MR) is 143 cm³/mol. The Morgan fingerprint density at radius 2 is 1.77 bits per heavy atom. The molecule has 0 aliphatic rings. The molecule has 35 heavy (non-hydrogen) atoms. The first kappa shape index (κ1) is 24.2. The molecule has 0 spiro atoms. The van der Waals surface area contributed by atoms with Crippen molar-refractivity contribution in [3.63, 3.8) is 0 Å². The van der Waals surface area contributed by atoms with Gasteiger partial charge in [-0.05, 0) is 95.2 Å². The third-order valence-electron chi connectivity index (χ3n) is 5.22. The fourth-order valence-electron chi connectivity index (χ4n) is 3.56. The van der Waals surface area contributed by atoms with Crippen molar-refractivity contribution >= 4 is 40.7 Å². The number of amides is 1. The lowest BCUT2D eigenvalue weighted by atomic mass is 10.1. The summed E-state index contributed by atoms with van der Waals surface area (Å²) in [5, 5.41) is 12.8. The molecule has 0 unspecified atom stereocenters. The van der Waals surface area contributed by atoms with Crippen molar-refractivity contribution < 1.29 is 19.4 Å². The first-order valence-electron chi connectivity index (χ1n) is 10.7. The van der Waals surface area contributed by atoms with Crippen molar-refractivity contribution in [3.8, 4) is 22.7 Å². The van der Waals surface area contributed by atoms with Gasteiger partial charge >= 0.3 is 5.97 Å². The number of aliphatic carboxylic acids is 1. The van der Waals surface area contributed by atoms with Gasteiger partial charge in [0.25, 0.3) is 5.91 Å². The Bertz CT molecular complexity index is 1380. The van der Waals surface area contributed by atoms with Crippen LogP contribution in [0.5, 0.6) is 5.75 Å². The van der Waals surface area contributed by atoms with E-state index >= 15 is 0 Å². The Labute approximate surface area is 216 Å². The zero-order valence-corrected chi connectivity index (χ0v) is 21.0. The van der Waals surface area contributed by atoms with Crippen LogP contribution in [0.1, 0.15) is 21.6 Å². The molecular formula is C27H22IN3O4. The molecule has 8 heteroatoms. The molecule has 4 aromatic rings. The second-order valence-electron chi connectivity index (χ2n) is 7.68. The summed E-state index contributed by atoms with van der Waals surface area (Å²) in [5.41, 5.74) is 8.03. The van der Waals surface area contributed by atoms with Crippen LogP contribution in [0.2, 0.25) is 0 Å². The van der Waals surface area contributed by atoms with Crippen molar-refractivity contribution in [1.82, 2.24) is 9.99 Å². The summed E-state index contributed by atoms with van der Waals surface area (Å²) >= 11 is 2.05. The molecule has 7 nitrogen and oxygen atoms in total. The highest BCUT2D eigenvalue weighted by atomic mass is 127. The van der Waals surface area contributed by atoms with Gasteiger partial charge in [0.2, 0.25) is 0 Å². The molecular weight excluding hydrogens is 557 g/mol. The molecule has 0 fully saturated rings. The van der Waals surface area contributed by atoms with Crippen molar-refractivity contribution in [2.75, 3.05) is 6.61 Å². The molecule has 0 radical (unpaired) electrons. The quantitative estimate of drug-likeness (QED) is 0.169. The van der Waals surface area contributed by atoms with Gasteiger partial charge in [-0.15, -0.1) is 0 Å². The normalized spacial score (nSPS) is 10.9. The minimum atomic E-state index is -1.04. The monoisotopic (exact) mass is 579 g/mol. The van der Waals surface area contributed by atoms with Crippen LogP contribution in [-0.2, 0) is 4.79 Å². The van der Waals surface area contributed by atoms with Crippen LogP contribution < -0.4 is 10.2 Å². The molecule has 1 aromatic heterocycles. The lowest BCUT2D eigenvalue weighted by Gasteiger charge is -2.12. The van der Waals surface area contributed by atoms with Gasteiger partial charge in [-0.3, -0.25) is 4.79 Å². The molecule has 0 saturated heterocycles. The molecule has 4 rings (SSSR count). The van der Waals surface area contributed by atoms with E-state index in [1.807, 2.05) is 37.3 Å². The van der Waals surface area contributed by atoms with Crippen molar-refractivity contribution in [1.29, 1.82) is 0 Å². The number of hydrogen-bond donors (Lipinski definition) is 2. The van der Waals surface area contributed by atoms with E-state index in [4.69, 9.17) is 9.84 Å². The number of nitrogens with zero attached hydrogens (tertiary/aromatic N) is 2. The van der Waals surface area contributed by atoms with Gasteiger partial charge in [0.15, 0.2) is 6.61 Å². The first-order chi connectivity index (χ1) is 16.9. The van der Waals surface area contributed by atoms with E-state index in [1.165, 1.54) is 6.21 Å². The molecule has 0 bridgehead atoms. The SMILES string of the molecule is Cc1ccc(-c2ccccc2)n1-c1ccc(C(=O)N/N=C/c2ccc(OCC(=O)O)c(I)c2)cc1. The Morgan fingerprint density at radius 1 is 1.03 bits per heavy atom. The molecule has 0 saturated carbocycles. The van der Waals surface area contributed by atoms with Gasteiger partial charge in [0.1, 0.15) is 5.75 Å². The van der Waals surface area contributed by atoms with Gasteiger partial charge < -0.3 is 14.4 Å². The Balaban J connectivity index is 1.43. The summed E-state index contributed by atoms with van der Waals surface area (Å²) in [6, 6.07) is 26.9. The number of benzene rings is 3. The molecule has 1 heterocycles.